The van der Waals surface area contributed by atoms with E-state index >= 15 is 0 Å². The number of nitrogens with zero attached hydrogens (tertiary/aromatic N) is 1. The zero-order valence-corrected chi connectivity index (χ0v) is 18.3. The molecule has 1 fully saturated rings. The lowest BCUT2D eigenvalue weighted by molar-refractivity contribution is -0.127. The van der Waals surface area contributed by atoms with E-state index in [1.165, 1.54) is 0 Å². The molecule has 2 heterocycles. The second-order valence-corrected chi connectivity index (χ2v) is 7.77. The van der Waals surface area contributed by atoms with E-state index in [4.69, 9.17) is 18.9 Å². The SMILES string of the molecule is COc1ccc(/C=C/C(=O)N2CCC(C(=O)c3ccc4c(c3)OCCO4)CC2)cc1OC. The molecule has 0 aromatic heterocycles. The molecule has 0 unspecified atom stereocenters. The molecule has 0 aliphatic carbocycles. The summed E-state index contributed by atoms with van der Waals surface area (Å²) >= 11 is 0. The molecule has 0 radical (unpaired) electrons. The molecule has 1 saturated heterocycles. The van der Waals surface area contributed by atoms with Gasteiger partial charge >= 0.3 is 0 Å². The van der Waals surface area contributed by atoms with Gasteiger partial charge in [-0.1, -0.05) is 6.07 Å². The summed E-state index contributed by atoms with van der Waals surface area (Å²) < 4.78 is 21.6. The van der Waals surface area contributed by atoms with Crippen molar-refractivity contribution in [2.45, 2.75) is 12.8 Å². The van der Waals surface area contributed by atoms with Gasteiger partial charge in [0.15, 0.2) is 28.8 Å². The number of carbonyl (C=O) groups excluding carboxylic acids is 2. The molecule has 32 heavy (non-hydrogen) atoms. The summed E-state index contributed by atoms with van der Waals surface area (Å²) in [6.07, 6.45) is 4.60. The lowest BCUT2D eigenvalue weighted by atomic mass is 9.88. The molecule has 0 N–H and O–H groups in total. The van der Waals surface area contributed by atoms with Gasteiger partial charge < -0.3 is 23.8 Å². The highest BCUT2D eigenvalue weighted by Crippen LogP contribution is 2.33. The molecule has 2 aromatic rings. The van der Waals surface area contributed by atoms with Crippen LogP contribution < -0.4 is 18.9 Å². The molecule has 0 saturated carbocycles. The summed E-state index contributed by atoms with van der Waals surface area (Å²) in [5.41, 5.74) is 1.48. The first-order valence-electron chi connectivity index (χ1n) is 10.7. The minimum absolute atomic E-state index is 0.0648. The predicted octanol–water partition coefficient (Wildman–Crippen LogP) is 3.61. The van der Waals surface area contributed by atoms with Crippen LogP contribution in [0.2, 0.25) is 0 Å². The minimum Gasteiger partial charge on any atom is -0.493 e. The van der Waals surface area contributed by atoms with Crippen molar-refractivity contribution in [2.75, 3.05) is 40.5 Å². The van der Waals surface area contributed by atoms with E-state index in [0.29, 0.717) is 67.7 Å². The average Bonchev–Trinajstić information content (AvgIpc) is 2.86. The maximum Gasteiger partial charge on any atom is 0.246 e. The van der Waals surface area contributed by atoms with Crippen LogP contribution in [-0.4, -0.2) is 57.1 Å². The van der Waals surface area contributed by atoms with Gasteiger partial charge in [0.1, 0.15) is 13.2 Å². The van der Waals surface area contributed by atoms with Gasteiger partial charge in [0.05, 0.1) is 14.2 Å². The molecule has 168 valence electrons. The fourth-order valence-corrected chi connectivity index (χ4v) is 4.02. The highest BCUT2D eigenvalue weighted by Gasteiger charge is 2.28. The second kappa shape index (κ2) is 9.77. The van der Waals surface area contributed by atoms with Crippen molar-refractivity contribution in [2.24, 2.45) is 5.92 Å². The second-order valence-electron chi connectivity index (χ2n) is 7.77. The van der Waals surface area contributed by atoms with Gasteiger partial charge in [0, 0.05) is 30.6 Å². The molecule has 0 bridgehead atoms. The first kappa shape index (κ1) is 21.7. The Morgan fingerprint density at radius 2 is 1.66 bits per heavy atom. The van der Waals surface area contributed by atoms with Gasteiger partial charge in [-0.15, -0.1) is 0 Å². The third-order valence-corrected chi connectivity index (χ3v) is 5.83. The lowest BCUT2D eigenvalue weighted by Gasteiger charge is -2.30. The Labute approximate surface area is 187 Å². The number of Topliss-reactive ketones (excluding diaryl/α,β-unsaturated/α-hetero) is 1. The zero-order chi connectivity index (χ0) is 22.5. The molecule has 7 heteroatoms. The van der Waals surface area contributed by atoms with Gasteiger partial charge in [-0.05, 0) is 54.8 Å². The Bertz CT molecular complexity index is 1020. The molecule has 1 amide bonds. The third kappa shape index (κ3) is 4.72. The molecular formula is C25H27NO6. The van der Waals surface area contributed by atoms with Gasteiger partial charge in [-0.2, -0.15) is 0 Å². The molecule has 0 atom stereocenters. The summed E-state index contributed by atoms with van der Waals surface area (Å²) in [5.74, 6) is 2.47. The third-order valence-electron chi connectivity index (χ3n) is 5.83. The van der Waals surface area contributed by atoms with Crippen LogP contribution in [0.4, 0.5) is 0 Å². The molecule has 2 aliphatic heterocycles. The standard InChI is InChI=1S/C25H27NO6/c1-29-20-6-3-17(15-22(20)30-2)4-8-24(27)26-11-9-18(10-12-26)25(28)19-5-7-21-23(16-19)32-14-13-31-21/h3-8,15-16,18H,9-14H2,1-2H3/b8-4+. The van der Waals surface area contributed by atoms with Crippen LogP contribution in [0, 0.1) is 5.92 Å². The fourth-order valence-electron chi connectivity index (χ4n) is 4.02. The Balaban J connectivity index is 1.33. The number of hydrogen-bond donors (Lipinski definition) is 0. The number of piperidine rings is 1. The van der Waals surface area contributed by atoms with E-state index in [0.717, 1.165) is 5.56 Å². The maximum absolute atomic E-state index is 12.9. The molecule has 4 rings (SSSR count). The molecule has 7 nitrogen and oxygen atoms in total. The summed E-state index contributed by atoms with van der Waals surface area (Å²) in [4.78, 5) is 27.4. The van der Waals surface area contributed by atoms with Crippen LogP contribution in [0.3, 0.4) is 0 Å². The number of likely N-dealkylation sites (tertiary alicyclic amines) is 1. The van der Waals surface area contributed by atoms with Crippen molar-refractivity contribution < 1.29 is 28.5 Å². The highest BCUT2D eigenvalue weighted by molar-refractivity contribution is 5.99. The number of benzene rings is 2. The first-order valence-corrected chi connectivity index (χ1v) is 10.7. The van der Waals surface area contributed by atoms with Crippen LogP contribution in [0.5, 0.6) is 23.0 Å². The van der Waals surface area contributed by atoms with Crippen LogP contribution in [0.15, 0.2) is 42.5 Å². The summed E-state index contributed by atoms with van der Waals surface area (Å²) in [6, 6.07) is 10.8. The average molecular weight is 437 g/mol. The summed E-state index contributed by atoms with van der Waals surface area (Å²) in [6.45, 7) is 2.11. The minimum atomic E-state index is -0.101. The fraction of sp³-hybridized carbons (Fsp3) is 0.360. The Hall–Kier alpha value is -3.48. The highest BCUT2D eigenvalue weighted by atomic mass is 16.6. The van der Waals surface area contributed by atoms with E-state index in [1.807, 2.05) is 12.1 Å². The number of amides is 1. The molecule has 0 spiro atoms. The number of carbonyl (C=O) groups is 2. The Kier molecular flexibility index (Phi) is 6.63. The quantitative estimate of drug-likeness (QED) is 0.508. The van der Waals surface area contributed by atoms with Crippen molar-refractivity contribution in [1.29, 1.82) is 0 Å². The number of fused-ring (bicyclic) bond motifs is 1. The van der Waals surface area contributed by atoms with Crippen molar-refractivity contribution in [3.63, 3.8) is 0 Å². The largest absolute Gasteiger partial charge is 0.493 e. The van der Waals surface area contributed by atoms with Gasteiger partial charge in [0.2, 0.25) is 5.91 Å². The van der Waals surface area contributed by atoms with Crippen molar-refractivity contribution >= 4 is 17.8 Å². The van der Waals surface area contributed by atoms with E-state index < -0.39 is 0 Å². The number of rotatable bonds is 6. The maximum atomic E-state index is 12.9. The van der Waals surface area contributed by atoms with Crippen molar-refractivity contribution in [3.8, 4) is 23.0 Å². The van der Waals surface area contributed by atoms with E-state index in [-0.39, 0.29) is 17.6 Å². The Morgan fingerprint density at radius 1 is 0.938 bits per heavy atom. The number of methoxy groups -OCH3 is 2. The molecule has 2 aromatic carbocycles. The summed E-state index contributed by atoms with van der Waals surface area (Å²) in [7, 11) is 3.16. The molecular weight excluding hydrogens is 410 g/mol. The first-order chi connectivity index (χ1) is 15.6. The van der Waals surface area contributed by atoms with E-state index in [2.05, 4.69) is 0 Å². The van der Waals surface area contributed by atoms with Crippen LogP contribution in [-0.2, 0) is 4.79 Å². The number of hydrogen-bond acceptors (Lipinski definition) is 6. The summed E-state index contributed by atoms with van der Waals surface area (Å²) in [5, 5.41) is 0. The zero-order valence-electron chi connectivity index (χ0n) is 18.3. The monoisotopic (exact) mass is 437 g/mol. The predicted molar refractivity (Wildman–Crippen MR) is 120 cm³/mol. The molecule has 2 aliphatic rings. The lowest BCUT2D eigenvalue weighted by Crippen LogP contribution is -2.39. The Morgan fingerprint density at radius 3 is 2.38 bits per heavy atom. The number of ether oxygens (including phenoxy) is 4. The van der Waals surface area contributed by atoms with Crippen molar-refractivity contribution in [3.05, 3.63) is 53.6 Å². The van der Waals surface area contributed by atoms with E-state index in [1.54, 1.807) is 55.5 Å². The normalized spacial score (nSPS) is 16.1. The van der Waals surface area contributed by atoms with Crippen LogP contribution >= 0.6 is 0 Å². The van der Waals surface area contributed by atoms with Crippen LogP contribution in [0.25, 0.3) is 6.08 Å². The van der Waals surface area contributed by atoms with Gasteiger partial charge in [0.25, 0.3) is 0 Å². The van der Waals surface area contributed by atoms with Crippen molar-refractivity contribution in [1.82, 2.24) is 4.90 Å². The smallest absolute Gasteiger partial charge is 0.246 e. The van der Waals surface area contributed by atoms with Gasteiger partial charge in [-0.25, -0.2) is 0 Å². The van der Waals surface area contributed by atoms with Gasteiger partial charge in [-0.3, -0.25) is 9.59 Å². The topological polar surface area (TPSA) is 74.3 Å². The van der Waals surface area contributed by atoms with Crippen LogP contribution in [0.1, 0.15) is 28.8 Å². The van der Waals surface area contributed by atoms with E-state index in [9.17, 15) is 9.59 Å². The number of ketones is 1.